The lowest BCUT2D eigenvalue weighted by molar-refractivity contribution is -0.114. The standard InChI is InChI=1S/C28H26N2O2S/c1-18-8-3-4-10-20(18)17-26-28(32)30(2)24-16-21(14-15-25(24)33-26)27(31)29-23-13-7-11-19-9-5-6-12-22(19)23/h3-6,8-10,12,14-17,23H,7,11,13H2,1-2H3,(H,29,31)/b26-17-/t23-/m0/s1. The van der Waals surface area contributed by atoms with Crippen molar-refractivity contribution in [2.75, 3.05) is 11.9 Å². The molecular weight excluding hydrogens is 428 g/mol. The third-order valence-corrected chi connectivity index (χ3v) is 7.55. The first-order chi connectivity index (χ1) is 16.0. The number of aryl methyl sites for hydroxylation is 2. The molecule has 0 unspecified atom stereocenters. The molecule has 5 heteroatoms. The summed E-state index contributed by atoms with van der Waals surface area (Å²) >= 11 is 1.46. The predicted octanol–water partition coefficient (Wildman–Crippen LogP) is 5.91. The van der Waals surface area contributed by atoms with Crippen molar-refractivity contribution in [2.45, 2.75) is 37.1 Å². The van der Waals surface area contributed by atoms with Gasteiger partial charge < -0.3 is 10.2 Å². The molecule has 1 N–H and O–H groups in total. The first-order valence-electron chi connectivity index (χ1n) is 11.3. The fourth-order valence-corrected chi connectivity index (χ4v) is 5.65. The van der Waals surface area contributed by atoms with Crippen molar-refractivity contribution in [2.24, 2.45) is 0 Å². The zero-order valence-corrected chi connectivity index (χ0v) is 19.6. The molecule has 1 aliphatic carbocycles. The summed E-state index contributed by atoms with van der Waals surface area (Å²) in [6, 6.07) is 22.0. The predicted molar refractivity (Wildman–Crippen MR) is 134 cm³/mol. The number of carbonyl (C=O) groups excluding carboxylic acids is 2. The van der Waals surface area contributed by atoms with Crippen LogP contribution in [0, 0.1) is 6.92 Å². The highest BCUT2D eigenvalue weighted by atomic mass is 32.2. The van der Waals surface area contributed by atoms with Gasteiger partial charge in [-0.3, -0.25) is 9.59 Å². The van der Waals surface area contributed by atoms with Crippen LogP contribution in [0.4, 0.5) is 5.69 Å². The highest BCUT2D eigenvalue weighted by Crippen LogP contribution is 2.42. The third kappa shape index (κ3) is 4.21. The number of benzene rings is 3. The van der Waals surface area contributed by atoms with E-state index in [1.807, 2.05) is 61.5 Å². The van der Waals surface area contributed by atoms with Gasteiger partial charge in [-0.15, -0.1) is 0 Å². The zero-order valence-electron chi connectivity index (χ0n) is 18.8. The van der Waals surface area contributed by atoms with Gasteiger partial charge in [0.1, 0.15) is 0 Å². The van der Waals surface area contributed by atoms with E-state index in [0.29, 0.717) is 10.5 Å². The molecule has 3 aromatic carbocycles. The van der Waals surface area contributed by atoms with E-state index in [2.05, 4.69) is 23.5 Å². The molecule has 2 amide bonds. The number of nitrogens with one attached hydrogen (secondary N) is 1. The van der Waals surface area contributed by atoms with Gasteiger partial charge in [0.15, 0.2) is 0 Å². The number of amides is 2. The van der Waals surface area contributed by atoms with E-state index in [9.17, 15) is 9.59 Å². The van der Waals surface area contributed by atoms with E-state index in [1.165, 1.54) is 22.9 Å². The SMILES string of the molecule is Cc1ccccc1/C=C1\Sc2ccc(C(=O)N[C@H]3CCCc4ccccc43)cc2N(C)C1=O. The van der Waals surface area contributed by atoms with Crippen molar-refractivity contribution in [3.8, 4) is 0 Å². The number of rotatable bonds is 3. The molecule has 4 nitrogen and oxygen atoms in total. The third-order valence-electron chi connectivity index (χ3n) is 6.47. The fourth-order valence-electron chi connectivity index (χ4n) is 4.57. The average molecular weight is 455 g/mol. The van der Waals surface area contributed by atoms with Gasteiger partial charge in [0.2, 0.25) is 0 Å². The van der Waals surface area contributed by atoms with Crippen molar-refractivity contribution >= 4 is 35.3 Å². The number of nitrogens with zero attached hydrogens (tertiary/aromatic N) is 1. The molecule has 0 radical (unpaired) electrons. The van der Waals surface area contributed by atoms with Crippen LogP contribution < -0.4 is 10.2 Å². The number of carbonyl (C=O) groups is 2. The van der Waals surface area contributed by atoms with E-state index in [1.54, 1.807) is 11.9 Å². The Labute approximate surface area is 198 Å². The number of fused-ring (bicyclic) bond motifs is 2. The summed E-state index contributed by atoms with van der Waals surface area (Å²) in [7, 11) is 1.77. The molecular formula is C28H26N2O2S. The van der Waals surface area contributed by atoms with Crippen molar-refractivity contribution in [3.05, 3.63) is 99.5 Å². The fraction of sp³-hybridized carbons (Fsp3) is 0.214. The molecule has 166 valence electrons. The van der Waals surface area contributed by atoms with E-state index in [-0.39, 0.29) is 17.9 Å². The minimum Gasteiger partial charge on any atom is -0.345 e. The van der Waals surface area contributed by atoms with Gasteiger partial charge in [-0.05, 0) is 72.7 Å². The minimum absolute atomic E-state index is 0.0240. The van der Waals surface area contributed by atoms with Crippen molar-refractivity contribution in [3.63, 3.8) is 0 Å². The summed E-state index contributed by atoms with van der Waals surface area (Å²) < 4.78 is 0. The Bertz CT molecular complexity index is 1280. The lowest BCUT2D eigenvalue weighted by Crippen LogP contribution is -2.32. The molecule has 5 rings (SSSR count). The molecule has 0 saturated heterocycles. The largest absolute Gasteiger partial charge is 0.345 e. The topological polar surface area (TPSA) is 49.4 Å². The summed E-state index contributed by atoms with van der Waals surface area (Å²) in [4.78, 5) is 29.5. The van der Waals surface area contributed by atoms with Gasteiger partial charge in [0, 0.05) is 17.5 Å². The van der Waals surface area contributed by atoms with Crippen molar-refractivity contribution in [1.82, 2.24) is 5.32 Å². The van der Waals surface area contributed by atoms with Gasteiger partial charge in [0.25, 0.3) is 11.8 Å². The van der Waals surface area contributed by atoms with Crippen LogP contribution in [0.1, 0.15) is 51.5 Å². The van der Waals surface area contributed by atoms with Crippen LogP contribution in [0.15, 0.2) is 76.5 Å². The molecule has 0 aromatic heterocycles. The summed E-state index contributed by atoms with van der Waals surface area (Å²) in [5, 5.41) is 3.21. The van der Waals surface area contributed by atoms with Gasteiger partial charge in [-0.25, -0.2) is 0 Å². The van der Waals surface area contributed by atoms with E-state index in [0.717, 1.165) is 41.0 Å². The number of anilines is 1. The van der Waals surface area contributed by atoms with Crippen molar-refractivity contribution < 1.29 is 9.59 Å². The van der Waals surface area contributed by atoms with Crippen molar-refractivity contribution in [1.29, 1.82) is 0 Å². The number of likely N-dealkylation sites (N-methyl/N-ethyl adjacent to an activating group) is 1. The molecule has 33 heavy (non-hydrogen) atoms. The normalized spacial score (nSPS) is 18.6. The Morgan fingerprint density at radius 1 is 1.09 bits per heavy atom. The molecule has 1 heterocycles. The van der Waals surface area contributed by atoms with Gasteiger partial charge in [0.05, 0.1) is 16.6 Å². The lowest BCUT2D eigenvalue weighted by atomic mass is 9.87. The Kier molecular flexibility index (Phi) is 5.81. The molecule has 0 saturated carbocycles. The number of hydrogen-bond acceptors (Lipinski definition) is 3. The second-order valence-corrected chi connectivity index (χ2v) is 9.71. The van der Waals surface area contributed by atoms with Crippen LogP contribution in [0.5, 0.6) is 0 Å². The maximum Gasteiger partial charge on any atom is 0.264 e. The van der Waals surface area contributed by atoms with Crippen LogP contribution in [0.3, 0.4) is 0 Å². The lowest BCUT2D eigenvalue weighted by Gasteiger charge is -2.28. The highest BCUT2D eigenvalue weighted by Gasteiger charge is 2.28. The van der Waals surface area contributed by atoms with Crippen LogP contribution in [-0.4, -0.2) is 18.9 Å². The second kappa shape index (κ2) is 8.91. The smallest absolute Gasteiger partial charge is 0.264 e. The Morgan fingerprint density at radius 3 is 2.73 bits per heavy atom. The Morgan fingerprint density at radius 2 is 1.88 bits per heavy atom. The quantitative estimate of drug-likeness (QED) is 0.501. The Hall–Kier alpha value is -3.31. The number of thioether (sulfide) groups is 1. The molecule has 1 aliphatic heterocycles. The van der Waals surface area contributed by atoms with E-state index >= 15 is 0 Å². The first-order valence-corrected chi connectivity index (χ1v) is 12.1. The summed E-state index contributed by atoms with van der Waals surface area (Å²) in [6.45, 7) is 2.04. The molecule has 0 spiro atoms. The first kappa shape index (κ1) is 21.5. The van der Waals surface area contributed by atoms with E-state index in [4.69, 9.17) is 0 Å². The molecule has 1 atom stereocenters. The van der Waals surface area contributed by atoms with Gasteiger partial charge in [-0.2, -0.15) is 0 Å². The van der Waals surface area contributed by atoms with Crippen LogP contribution in [0.25, 0.3) is 6.08 Å². The molecule has 0 fully saturated rings. The van der Waals surface area contributed by atoms with Crippen LogP contribution in [0.2, 0.25) is 0 Å². The van der Waals surface area contributed by atoms with Gasteiger partial charge in [-0.1, -0.05) is 60.3 Å². The summed E-state index contributed by atoms with van der Waals surface area (Å²) in [6.07, 6.45) is 5.01. The minimum atomic E-state index is -0.105. The average Bonchev–Trinajstić information content (AvgIpc) is 2.84. The summed E-state index contributed by atoms with van der Waals surface area (Å²) in [5.41, 5.74) is 6.03. The molecule has 3 aromatic rings. The van der Waals surface area contributed by atoms with E-state index < -0.39 is 0 Å². The Balaban J connectivity index is 1.39. The molecule has 2 aliphatic rings. The second-order valence-electron chi connectivity index (χ2n) is 8.63. The maximum atomic E-state index is 13.1. The summed E-state index contributed by atoms with van der Waals surface area (Å²) in [5.74, 6) is -0.166. The monoisotopic (exact) mass is 454 g/mol. The molecule has 0 bridgehead atoms. The van der Waals surface area contributed by atoms with Crippen LogP contribution in [-0.2, 0) is 11.2 Å². The zero-order chi connectivity index (χ0) is 22.9. The maximum absolute atomic E-state index is 13.1. The highest BCUT2D eigenvalue weighted by molar-refractivity contribution is 8.04. The van der Waals surface area contributed by atoms with Gasteiger partial charge >= 0.3 is 0 Å². The number of hydrogen-bond donors (Lipinski definition) is 1. The van der Waals surface area contributed by atoms with Crippen LogP contribution >= 0.6 is 11.8 Å².